The number of nitrogens with zero attached hydrogens (tertiary/aromatic N) is 1. The molecular weight excluding hydrogens is 456 g/mol. The highest BCUT2D eigenvalue weighted by Crippen LogP contribution is 2.36. The average Bonchev–Trinajstić information content (AvgIpc) is 3.05. The minimum Gasteiger partial charge on any atom is -0.462 e. The predicted molar refractivity (Wildman–Crippen MR) is 117 cm³/mol. The molecule has 0 unspecified atom stereocenters. The van der Waals surface area contributed by atoms with Crippen molar-refractivity contribution >= 4 is 44.2 Å². The van der Waals surface area contributed by atoms with Crippen LogP contribution in [0, 0.1) is 11.3 Å². The van der Waals surface area contributed by atoms with Gasteiger partial charge in [0.1, 0.15) is 22.2 Å². The van der Waals surface area contributed by atoms with Gasteiger partial charge in [-0.1, -0.05) is 28.1 Å². The molecule has 152 valence electrons. The van der Waals surface area contributed by atoms with Crippen LogP contribution in [0.5, 0.6) is 0 Å². The summed E-state index contributed by atoms with van der Waals surface area (Å²) in [6.07, 6.45) is 1.24. The van der Waals surface area contributed by atoms with Crippen molar-refractivity contribution in [3.05, 3.63) is 51.5 Å². The average molecular weight is 477 g/mol. The van der Waals surface area contributed by atoms with E-state index in [9.17, 15) is 14.9 Å². The number of carbonyl (C=O) groups is 2. The van der Waals surface area contributed by atoms with Gasteiger partial charge in [-0.2, -0.15) is 5.26 Å². The van der Waals surface area contributed by atoms with Crippen molar-refractivity contribution in [2.24, 2.45) is 0 Å². The van der Waals surface area contributed by atoms with Crippen LogP contribution in [0.3, 0.4) is 0 Å². The maximum atomic E-state index is 12.6. The highest BCUT2D eigenvalue weighted by Gasteiger charge is 2.23. The largest absolute Gasteiger partial charge is 0.462 e. The van der Waals surface area contributed by atoms with Gasteiger partial charge >= 0.3 is 11.9 Å². The van der Waals surface area contributed by atoms with E-state index in [1.54, 1.807) is 27.7 Å². The van der Waals surface area contributed by atoms with E-state index < -0.39 is 17.5 Å². The second-order valence-electron chi connectivity index (χ2n) is 6.90. The maximum Gasteiger partial charge on any atom is 0.350 e. The Labute approximate surface area is 182 Å². The molecule has 0 bridgehead atoms. The Kier molecular flexibility index (Phi) is 7.59. The summed E-state index contributed by atoms with van der Waals surface area (Å²) in [5, 5.41) is 14.5. The topological polar surface area (TPSA) is 88.4 Å². The fraction of sp³-hybridized carbons (Fsp3) is 0.286. The van der Waals surface area contributed by atoms with Gasteiger partial charge in [-0.25, -0.2) is 9.59 Å². The second kappa shape index (κ2) is 9.72. The third-order valence-electron chi connectivity index (χ3n) is 3.51. The summed E-state index contributed by atoms with van der Waals surface area (Å²) in [5.74, 6) is -1.23. The van der Waals surface area contributed by atoms with Crippen LogP contribution in [-0.4, -0.2) is 24.1 Å². The molecule has 1 N–H and O–H groups in total. The third-order valence-corrected chi connectivity index (χ3v) is 4.95. The number of ether oxygens (including phenoxy) is 2. The molecule has 0 aliphatic carbocycles. The van der Waals surface area contributed by atoms with Crippen LogP contribution in [-0.2, 0) is 14.3 Å². The first-order chi connectivity index (χ1) is 13.7. The van der Waals surface area contributed by atoms with Gasteiger partial charge in [0.15, 0.2) is 5.57 Å². The minimum absolute atomic E-state index is 0.201. The van der Waals surface area contributed by atoms with Crippen LogP contribution >= 0.6 is 27.3 Å². The molecule has 6 nitrogen and oxygen atoms in total. The fourth-order valence-corrected chi connectivity index (χ4v) is 3.51. The van der Waals surface area contributed by atoms with Crippen molar-refractivity contribution in [2.75, 3.05) is 11.9 Å². The third kappa shape index (κ3) is 6.17. The highest BCUT2D eigenvalue weighted by atomic mass is 79.9. The summed E-state index contributed by atoms with van der Waals surface area (Å²) >= 11 is 4.67. The summed E-state index contributed by atoms with van der Waals surface area (Å²) in [6, 6.07) is 9.35. The zero-order valence-corrected chi connectivity index (χ0v) is 18.9. The molecule has 0 amide bonds. The van der Waals surface area contributed by atoms with Gasteiger partial charge in [0, 0.05) is 21.6 Å². The summed E-state index contributed by atoms with van der Waals surface area (Å²) in [7, 11) is 0. The molecular formula is C21H21BrN2O4S. The zero-order chi connectivity index (χ0) is 21.6. The van der Waals surface area contributed by atoms with E-state index >= 15 is 0 Å². The SMILES string of the molecule is CCOC(=O)c1c(-c2ccc(Br)cc2)csc1N/C=C(/C#N)C(=O)OC(C)(C)C. The van der Waals surface area contributed by atoms with Gasteiger partial charge in [0.25, 0.3) is 0 Å². The normalized spacial score (nSPS) is 11.5. The lowest BCUT2D eigenvalue weighted by atomic mass is 10.0. The molecule has 2 aromatic rings. The molecule has 0 atom stereocenters. The summed E-state index contributed by atoms with van der Waals surface area (Å²) in [6.45, 7) is 7.11. The standard InChI is InChI=1S/C21H21BrN2O4S/c1-5-27-20(26)17-16(13-6-8-15(22)9-7-13)12-29-18(17)24-11-14(10-23)19(25)28-21(2,3)4/h6-9,11-12,24H,5H2,1-4H3/b14-11-. The van der Waals surface area contributed by atoms with Gasteiger partial charge in [-0.15, -0.1) is 11.3 Å². The van der Waals surface area contributed by atoms with Gasteiger partial charge in [0.05, 0.1) is 6.61 Å². The van der Waals surface area contributed by atoms with Crippen molar-refractivity contribution < 1.29 is 19.1 Å². The van der Waals surface area contributed by atoms with Gasteiger partial charge in [-0.3, -0.25) is 0 Å². The molecule has 2 rings (SSSR count). The first kappa shape index (κ1) is 22.7. The van der Waals surface area contributed by atoms with Gasteiger partial charge in [-0.05, 0) is 45.4 Å². The monoisotopic (exact) mass is 476 g/mol. The number of esters is 2. The highest BCUT2D eigenvalue weighted by molar-refractivity contribution is 9.10. The van der Waals surface area contributed by atoms with E-state index in [0.717, 1.165) is 10.0 Å². The van der Waals surface area contributed by atoms with Crippen LogP contribution in [0.15, 0.2) is 45.9 Å². The molecule has 29 heavy (non-hydrogen) atoms. The molecule has 0 saturated carbocycles. The Balaban J connectivity index is 2.39. The van der Waals surface area contributed by atoms with Crippen molar-refractivity contribution in [1.29, 1.82) is 5.26 Å². The van der Waals surface area contributed by atoms with Crippen LogP contribution in [0.1, 0.15) is 38.1 Å². The van der Waals surface area contributed by atoms with Crippen molar-refractivity contribution in [3.8, 4) is 17.2 Å². The Bertz CT molecular complexity index is 966. The lowest BCUT2D eigenvalue weighted by Crippen LogP contribution is -2.24. The van der Waals surface area contributed by atoms with Crippen molar-refractivity contribution in [1.82, 2.24) is 0 Å². The molecule has 1 heterocycles. The molecule has 0 spiro atoms. The summed E-state index contributed by atoms with van der Waals surface area (Å²) < 4.78 is 11.3. The first-order valence-electron chi connectivity index (χ1n) is 8.81. The van der Waals surface area contributed by atoms with E-state index in [1.807, 2.05) is 35.7 Å². The first-order valence-corrected chi connectivity index (χ1v) is 10.5. The number of nitrogens with one attached hydrogen (secondary N) is 1. The second-order valence-corrected chi connectivity index (χ2v) is 8.69. The van der Waals surface area contributed by atoms with Crippen molar-refractivity contribution in [3.63, 3.8) is 0 Å². The molecule has 0 radical (unpaired) electrons. The lowest BCUT2D eigenvalue weighted by molar-refractivity contribution is -0.149. The van der Waals surface area contributed by atoms with E-state index in [-0.39, 0.29) is 12.2 Å². The van der Waals surface area contributed by atoms with E-state index in [0.29, 0.717) is 16.1 Å². The van der Waals surface area contributed by atoms with Crippen LogP contribution in [0.4, 0.5) is 5.00 Å². The molecule has 1 aromatic heterocycles. The maximum absolute atomic E-state index is 12.6. The number of thiophene rings is 1. The minimum atomic E-state index is -0.741. The van der Waals surface area contributed by atoms with Gasteiger partial charge < -0.3 is 14.8 Å². The Morgan fingerprint density at radius 2 is 1.93 bits per heavy atom. The van der Waals surface area contributed by atoms with E-state index in [2.05, 4.69) is 21.2 Å². The fourth-order valence-electron chi connectivity index (χ4n) is 2.32. The molecule has 0 fully saturated rings. The quantitative estimate of drug-likeness (QED) is 0.335. The molecule has 0 aliphatic heterocycles. The summed E-state index contributed by atoms with van der Waals surface area (Å²) in [5.41, 5.74) is 0.968. The van der Waals surface area contributed by atoms with E-state index in [4.69, 9.17) is 9.47 Å². The lowest BCUT2D eigenvalue weighted by Gasteiger charge is -2.18. The number of halogens is 1. The van der Waals surface area contributed by atoms with Gasteiger partial charge in [0.2, 0.25) is 0 Å². The van der Waals surface area contributed by atoms with Crippen LogP contribution < -0.4 is 5.32 Å². The zero-order valence-electron chi connectivity index (χ0n) is 16.5. The summed E-state index contributed by atoms with van der Waals surface area (Å²) in [4.78, 5) is 24.7. The molecule has 0 aliphatic rings. The van der Waals surface area contributed by atoms with Crippen LogP contribution in [0.2, 0.25) is 0 Å². The Morgan fingerprint density at radius 1 is 1.28 bits per heavy atom. The number of hydrogen-bond acceptors (Lipinski definition) is 7. The number of hydrogen-bond donors (Lipinski definition) is 1. The number of carbonyl (C=O) groups excluding carboxylic acids is 2. The number of benzene rings is 1. The molecule has 0 saturated heterocycles. The predicted octanol–water partition coefficient (Wildman–Crippen LogP) is 5.52. The van der Waals surface area contributed by atoms with Crippen molar-refractivity contribution in [2.45, 2.75) is 33.3 Å². The van der Waals surface area contributed by atoms with E-state index in [1.165, 1.54) is 17.5 Å². The Hall–Kier alpha value is -2.63. The number of nitriles is 1. The molecule has 1 aromatic carbocycles. The number of rotatable bonds is 6. The Morgan fingerprint density at radius 3 is 2.48 bits per heavy atom. The number of anilines is 1. The molecule has 8 heteroatoms. The van der Waals surface area contributed by atoms with Crippen LogP contribution in [0.25, 0.3) is 11.1 Å². The smallest absolute Gasteiger partial charge is 0.350 e.